The fourth-order valence-corrected chi connectivity index (χ4v) is 4.66. The molecule has 5 aromatic rings. The Bertz CT molecular complexity index is 1650. The second-order valence-electron chi connectivity index (χ2n) is 9.77. The van der Waals surface area contributed by atoms with Gasteiger partial charge in [-0.3, -0.25) is 9.59 Å². The fraction of sp³-hybridized carbons (Fsp3) is 0.161. The monoisotopic (exact) mass is 570 g/mol. The van der Waals surface area contributed by atoms with Gasteiger partial charge in [-0.1, -0.05) is 53.2 Å². The van der Waals surface area contributed by atoms with Crippen LogP contribution < -0.4 is 10.2 Å². The van der Waals surface area contributed by atoms with E-state index in [9.17, 15) is 14.0 Å². The van der Waals surface area contributed by atoms with Gasteiger partial charge in [-0.25, -0.2) is 9.07 Å². The summed E-state index contributed by atoms with van der Waals surface area (Å²) in [6.07, 6.45) is 0. The lowest BCUT2D eigenvalue weighted by molar-refractivity contribution is -0.140. The van der Waals surface area contributed by atoms with Crippen LogP contribution in [0, 0.1) is 5.82 Å². The third-order valence-corrected chi connectivity index (χ3v) is 6.94. The second kappa shape index (κ2) is 12.2. The first-order chi connectivity index (χ1) is 19.8. The number of benzene rings is 4. The SMILES string of the molecule is CN(C)c1ccc(NC(=O)[C@@H](c2ccc(Cl)cc2)N(Cc2ccc(F)cc2)C(=O)Cn2nnc3ccccc32)cc1. The molecule has 5 rings (SSSR count). The van der Waals surface area contributed by atoms with Crippen LogP contribution in [0.1, 0.15) is 17.2 Å². The van der Waals surface area contributed by atoms with E-state index >= 15 is 0 Å². The highest BCUT2D eigenvalue weighted by Crippen LogP contribution is 2.28. The Morgan fingerprint density at radius 1 is 0.927 bits per heavy atom. The molecular weight excluding hydrogens is 543 g/mol. The molecule has 1 N–H and O–H groups in total. The van der Waals surface area contributed by atoms with E-state index in [2.05, 4.69) is 15.6 Å². The summed E-state index contributed by atoms with van der Waals surface area (Å²) in [7, 11) is 3.86. The van der Waals surface area contributed by atoms with Crippen LogP contribution in [0.25, 0.3) is 11.0 Å². The van der Waals surface area contributed by atoms with Crippen molar-refractivity contribution in [3.63, 3.8) is 0 Å². The van der Waals surface area contributed by atoms with Gasteiger partial charge in [0.15, 0.2) is 0 Å². The Labute approximate surface area is 241 Å². The third-order valence-electron chi connectivity index (χ3n) is 6.69. The molecule has 208 valence electrons. The molecule has 1 heterocycles. The van der Waals surface area contributed by atoms with E-state index in [0.29, 0.717) is 32.9 Å². The average Bonchev–Trinajstić information content (AvgIpc) is 3.37. The zero-order chi connectivity index (χ0) is 28.9. The number of fused-ring (bicyclic) bond motifs is 1. The van der Waals surface area contributed by atoms with Crippen LogP contribution in [0.3, 0.4) is 0 Å². The van der Waals surface area contributed by atoms with Gasteiger partial charge in [0.05, 0.1) is 5.52 Å². The quantitative estimate of drug-likeness (QED) is 0.246. The predicted molar refractivity (Wildman–Crippen MR) is 158 cm³/mol. The first-order valence-electron chi connectivity index (χ1n) is 12.9. The maximum absolute atomic E-state index is 14.0. The summed E-state index contributed by atoms with van der Waals surface area (Å²) in [5.74, 6) is -1.18. The van der Waals surface area contributed by atoms with E-state index in [1.807, 2.05) is 55.4 Å². The standard InChI is InChI=1S/C31H28ClFN6O2/c1-37(2)26-17-15-25(16-18-26)34-31(41)30(22-9-11-23(32)12-10-22)38(19-21-7-13-24(33)14-8-21)29(40)20-39-28-6-4-3-5-27(28)35-36-39/h3-18,30H,19-20H2,1-2H3,(H,34,41)/t30-/m1/s1. The molecular formula is C31H28ClFN6O2. The molecule has 0 bridgehead atoms. The van der Waals surface area contributed by atoms with Crippen molar-refractivity contribution in [3.05, 3.63) is 119 Å². The molecule has 0 saturated carbocycles. The molecule has 0 saturated heterocycles. The van der Waals surface area contributed by atoms with Gasteiger partial charge in [-0.2, -0.15) is 0 Å². The van der Waals surface area contributed by atoms with Gasteiger partial charge in [0, 0.05) is 37.0 Å². The molecule has 41 heavy (non-hydrogen) atoms. The summed E-state index contributed by atoms with van der Waals surface area (Å²) < 4.78 is 15.2. The topological polar surface area (TPSA) is 83.4 Å². The average molecular weight is 571 g/mol. The van der Waals surface area contributed by atoms with E-state index in [1.54, 1.807) is 48.5 Å². The Kier molecular flexibility index (Phi) is 8.26. The molecule has 0 aliphatic heterocycles. The minimum atomic E-state index is -1.03. The van der Waals surface area contributed by atoms with Crippen LogP contribution in [0.5, 0.6) is 0 Å². The van der Waals surface area contributed by atoms with Gasteiger partial charge in [0.25, 0.3) is 5.91 Å². The van der Waals surface area contributed by atoms with Crippen molar-refractivity contribution in [2.24, 2.45) is 0 Å². The van der Waals surface area contributed by atoms with Crippen molar-refractivity contribution >= 4 is 45.8 Å². The molecule has 0 aliphatic rings. The lowest BCUT2D eigenvalue weighted by Crippen LogP contribution is -2.42. The first-order valence-corrected chi connectivity index (χ1v) is 13.3. The first kappa shape index (κ1) is 27.8. The van der Waals surface area contributed by atoms with Crippen LogP contribution in [0.4, 0.5) is 15.8 Å². The summed E-state index contributed by atoms with van der Waals surface area (Å²) in [6.45, 7) is -0.108. The summed E-state index contributed by atoms with van der Waals surface area (Å²) >= 11 is 6.16. The van der Waals surface area contributed by atoms with Crippen molar-refractivity contribution in [1.29, 1.82) is 0 Å². The van der Waals surface area contributed by atoms with Crippen molar-refractivity contribution in [1.82, 2.24) is 19.9 Å². The predicted octanol–water partition coefficient (Wildman–Crippen LogP) is 5.70. The molecule has 4 aromatic carbocycles. The highest BCUT2D eigenvalue weighted by atomic mass is 35.5. The van der Waals surface area contributed by atoms with Crippen LogP contribution in [0.15, 0.2) is 97.1 Å². The number of amides is 2. The summed E-state index contributed by atoms with van der Waals surface area (Å²) in [5, 5.41) is 11.8. The molecule has 2 amide bonds. The molecule has 0 spiro atoms. The largest absolute Gasteiger partial charge is 0.378 e. The summed E-state index contributed by atoms with van der Waals surface area (Å²) in [5.41, 5.74) is 4.12. The van der Waals surface area contributed by atoms with Gasteiger partial charge < -0.3 is 15.1 Å². The maximum Gasteiger partial charge on any atom is 0.251 e. The number of para-hydroxylation sites is 1. The van der Waals surface area contributed by atoms with E-state index in [0.717, 1.165) is 5.69 Å². The highest BCUT2D eigenvalue weighted by Gasteiger charge is 2.32. The fourth-order valence-electron chi connectivity index (χ4n) is 4.53. The van der Waals surface area contributed by atoms with Crippen molar-refractivity contribution in [2.75, 3.05) is 24.3 Å². The van der Waals surface area contributed by atoms with Crippen LogP contribution >= 0.6 is 11.6 Å². The zero-order valence-electron chi connectivity index (χ0n) is 22.5. The molecule has 1 atom stereocenters. The maximum atomic E-state index is 14.0. The normalized spacial score (nSPS) is 11.7. The summed E-state index contributed by atoms with van der Waals surface area (Å²) in [4.78, 5) is 31.4. The second-order valence-corrected chi connectivity index (χ2v) is 10.2. The highest BCUT2D eigenvalue weighted by molar-refractivity contribution is 6.30. The van der Waals surface area contributed by atoms with Crippen molar-refractivity contribution < 1.29 is 14.0 Å². The Balaban J connectivity index is 1.53. The Hall–Kier alpha value is -4.76. The number of carbonyl (C=O) groups excluding carboxylic acids is 2. The van der Waals surface area contributed by atoms with Gasteiger partial charge in [0.2, 0.25) is 5.91 Å². The number of hydrogen-bond acceptors (Lipinski definition) is 5. The number of anilines is 2. The Morgan fingerprint density at radius 3 is 2.29 bits per heavy atom. The number of nitrogens with zero attached hydrogens (tertiary/aromatic N) is 5. The molecule has 0 aliphatic carbocycles. The molecule has 8 nitrogen and oxygen atoms in total. The number of nitrogens with one attached hydrogen (secondary N) is 1. The van der Waals surface area contributed by atoms with E-state index in [4.69, 9.17) is 11.6 Å². The molecule has 0 radical (unpaired) electrons. The van der Waals surface area contributed by atoms with E-state index in [-0.39, 0.29) is 19.0 Å². The third kappa shape index (κ3) is 6.53. The summed E-state index contributed by atoms with van der Waals surface area (Å²) in [6, 6.07) is 26.3. The van der Waals surface area contributed by atoms with E-state index in [1.165, 1.54) is 21.7 Å². The molecule has 1 aromatic heterocycles. The van der Waals surface area contributed by atoms with Gasteiger partial charge >= 0.3 is 0 Å². The minimum Gasteiger partial charge on any atom is -0.378 e. The minimum absolute atomic E-state index is 0.0476. The van der Waals surface area contributed by atoms with Gasteiger partial charge in [0.1, 0.15) is 23.9 Å². The lowest BCUT2D eigenvalue weighted by Gasteiger charge is -2.32. The van der Waals surface area contributed by atoms with Crippen LogP contribution in [-0.4, -0.2) is 45.8 Å². The smallest absolute Gasteiger partial charge is 0.251 e. The van der Waals surface area contributed by atoms with Crippen LogP contribution in [0.2, 0.25) is 5.02 Å². The number of rotatable bonds is 9. The Morgan fingerprint density at radius 2 is 1.61 bits per heavy atom. The zero-order valence-corrected chi connectivity index (χ0v) is 23.3. The number of halogens is 2. The van der Waals surface area contributed by atoms with Crippen molar-refractivity contribution in [2.45, 2.75) is 19.1 Å². The number of aromatic nitrogens is 3. The van der Waals surface area contributed by atoms with Crippen molar-refractivity contribution in [3.8, 4) is 0 Å². The lowest BCUT2D eigenvalue weighted by atomic mass is 10.0. The number of carbonyl (C=O) groups is 2. The molecule has 0 unspecified atom stereocenters. The van der Waals surface area contributed by atoms with Crippen LogP contribution in [-0.2, 0) is 22.7 Å². The number of hydrogen-bond donors (Lipinski definition) is 1. The van der Waals surface area contributed by atoms with E-state index < -0.39 is 17.8 Å². The molecule has 0 fully saturated rings. The molecule has 10 heteroatoms. The van der Waals surface area contributed by atoms with Gasteiger partial charge in [-0.05, 0) is 71.8 Å². The van der Waals surface area contributed by atoms with Gasteiger partial charge in [-0.15, -0.1) is 5.10 Å².